The summed E-state index contributed by atoms with van der Waals surface area (Å²) >= 11 is 0. The van der Waals surface area contributed by atoms with Crippen molar-refractivity contribution in [2.45, 2.75) is 25.0 Å². The van der Waals surface area contributed by atoms with E-state index in [4.69, 9.17) is 10.2 Å². The number of carbonyl (C=O) groups excluding carboxylic acids is 1. The number of hydrogen-bond acceptors (Lipinski definition) is 5. The van der Waals surface area contributed by atoms with Gasteiger partial charge in [0.15, 0.2) is 15.9 Å². The van der Waals surface area contributed by atoms with E-state index in [0.717, 1.165) is 0 Å². The van der Waals surface area contributed by atoms with Crippen LogP contribution in [0.15, 0.2) is 0 Å². The number of aliphatic hydroxyl groups excluding tert-OH is 1. The van der Waals surface area contributed by atoms with Crippen molar-refractivity contribution in [3.8, 4) is 0 Å². The van der Waals surface area contributed by atoms with Gasteiger partial charge < -0.3 is 20.8 Å². The summed E-state index contributed by atoms with van der Waals surface area (Å²) in [5.41, 5.74) is -0.850. The van der Waals surface area contributed by atoms with Crippen LogP contribution in [0, 0.1) is 0 Å². The fraction of sp³-hybridized carbons (Fsp3) is 0.778. The molecule has 8 nitrogen and oxygen atoms in total. The molecule has 1 saturated heterocycles. The fourth-order valence-electron chi connectivity index (χ4n) is 1.70. The third-order valence-corrected chi connectivity index (χ3v) is 4.56. The third-order valence-electron chi connectivity index (χ3n) is 2.66. The second-order valence-electron chi connectivity index (χ2n) is 4.59. The molecule has 0 aromatic heterocycles. The molecule has 0 spiro atoms. The van der Waals surface area contributed by atoms with Crippen LogP contribution in [0.1, 0.15) is 13.3 Å². The molecule has 2 amide bonds. The number of carbonyl (C=O) groups is 2. The highest BCUT2D eigenvalue weighted by Gasteiger charge is 2.39. The molecule has 0 aromatic rings. The SMILES string of the molecule is CC1(NC(=O)NC[C@H](O)C(=O)O)CCS(=O)(=O)C1. The van der Waals surface area contributed by atoms with Gasteiger partial charge in [-0.3, -0.25) is 0 Å². The highest BCUT2D eigenvalue weighted by atomic mass is 32.2. The van der Waals surface area contributed by atoms with E-state index in [0.29, 0.717) is 6.42 Å². The first-order chi connectivity index (χ1) is 8.14. The Kier molecular flexibility index (Phi) is 4.17. The summed E-state index contributed by atoms with van der Waals surface area (Å²) in [6.45, 7) is 1.16. The van der Waals surface area contributed by atoms with Gasteiger partial charge in [-0.2, -0.15) is 0 Å². The predicted octanol–water partition coefficient (Wildman–Crippen LogP) is -1.69. The number of amides is 2. The Hall–Kier alpha value is -1.35. The summed E-state index contributed by atoms with van der Waals surface area (Å²) in [6.07, 6.45) is -1.37. The van der Waals surface area contributed by atoms with Crippen LogP contribution in [0.2, 0.25) is 0 Å². The number of nitrogens with one attached hydrogen (secondary N) is 2. The molecule has 0 bridgehead atoms. The van der Waals surface area contributed by atoms with Crippen molar-refractivity contribution in [1.82, 2.24) is 10.6 Å². The smallest absolute Gasteiger partial charge is 0.334 e. The van der Waals surface area contributed by atoms with E-state index in [1.165, 1.54) is 0 Å². The zero-order chi connectivity index (χ0) is 14.0. The van der Waals surface area contributed by atoms with Crippen LogP contribution in [-0.2, 0) is 14.6 Å². The lowest BCUT2D eigenvalue weighted by Crippen LogP contribution is -2.52. The second kappa shape index (κ2) is 5.11. The van der Waals surface area contributed by atoms with Gasteiger partial charge in [-0.15, -0.1) is 0 Å². The minimum Gasteiger partial charge on any atom is -0.479 e. The van der Waals surface area contributed by atoms with Crippen LogP contribution in [0.5, 0.6) is 0 Å². The van der Waals surface area contributed by atoms with Gasteiger partial charge in [0.2, 0.25) is 0 Å². The molecule has 0 aromatic carbocycles. The minimum absolute atomic E-state index is 0.0154. The van der Waals surface area contributed by atoms with Crippen molar-refractivity contribution in [3.63, 3.8) is 0 Å². The van der Waals surface area contributed by atoms with Crippen molar-refractivity contribution < 1.29 is 28.2 Å². The molecule has 0 saturated carbocycles. The number of aliphatic carboxylic acids is 1. The fourth-order valence-corrected chi connectivity index (χ4v) is 3.80. The lowest BCUT2D eigenvalue weighted by Gasteiger charge is -2.24. The molecule has 1 rings (SSSR count). The first kappa shape index (κ1) is 14.7. The Bertz CT molecular complexity index is 448. The van der Waals surface area contributed by atoms with Crippen LogP contribution in [-0.4, -0.2) is 60.3 Å². The molecule has 4 N–H and O–H groups in total. The Morgan fingerprint density at radius 3 is 2.50 bits per heavy atom. The first-order valence-electron chi connectivity index (χ1n) is 5.31. The zero-order valence-electron chi connectivity index (χ0n) is 9.84. The number of aliphatic hydroxyl groups is 1. The van der Waals surface area contributed by atoms with E-state index in [1.807, 2.05) is 0 Å². The van der Waals surface area contributed by atoms with Crippen molar-refractivity contribution in [1.29, 1.82) is 0 Å². The molecule has 1 aliphatic heterocycles. The molecule has 1 fully saturated rings. The number of carboxylic acids is 1. The summed E-state index contributed by atoms with van der Waals surface area (Å²) in [6, 6.07) is -0.699. The van der Waals surface area contributed by atoms with Gasteiger partial charge in [-0.1, -0.05) is 0 Å². The topological polar surface area (TPSA) is 133 Å². The molecule has 0 aliphatic carbocycles. The van der Waals surface area contributed by atoms with Crippen LogP contribution in [0.25, 0.3) is 0 Å². The molecule has 2 atom stereocenters. The van der Waals surface area contributed by atoms with E-state index in [2.05, 4.69) is 10.6 Å². The summed E-state index contributed by atoms with van der Waals surface area (Å²) in [5, 5.41) is 22.0. The van der Waals surface area contributed by atoms with Crippen molar-refractivity contribution in [3.05, 3.63) is 0 Å². The van der Waals surface area contributed by atoms with Gasteiger partial charge in [-0.05, 0) is 13.3 Å². The quantitative estimate of drug-likeness (QED) is 0.485. The van der Waals surface area contributed by atoms with Gasteiger partial charge in [0.25, 0.3) is 0 Å². The highest BCUT2D eigenvalue weighted by molar-refractivity contribution is 7.91. The standard InChI is InChI=1S/C9H16N2O6S/c1-9(2-3-18(16,17)5-9)11-8(15)10-4-6(12)7(13)14/h6,12H,2-5H2,1H3,(H,13,14)(H2,10,11,15)/t6-,9?/m0/s1. The molecular formula is C9H16N2O6S. The van der Waals surface area contributed by atoms with E-state index in [9.17, 15) is 18.0 Å². The van der Waals surface area contributed by atoms with E-state index >= 15 is 0 Å². The van der Waals surface area contributed by atoms with Crippen molar-refractivity contribution in [2.75, 3.05) is 18.1 Å². The summed E-state index contributed by atoms with van der Waals surface area (Å²) < 4.78 is 22.6. The molecule has 18 heavy (non-hydrogen) atoms. The van der Waals surface area contributed by atoms with Crippen molar-refractivity contribution in [2.24, 2.45) is 0 Å². The van der Waals surface area contributed by atoms with Gasteiger partial charge in [0.05, 0.1) is 23.6 Å². The summed E-state index contributed by atoms with van der Waals surface area (Å²) in [7, 11) is -3.13. The van der Waals surface area contributed by atoms with E-state index < -0.39 is 40.0 Å². The van der Waals surface area contributed by atoms with Crippen molar-refractivity contribution >= 4 is 21.8 Å². The average molecular weight is 280 g/mol. The van der Waals surface area contributed by atoms with Gasteiger partial charge in [0.1, 0.15) is 0 Å². The third kappa shape index (κ3) is 4.15. The van der Waals surface area contributed by atoms with Crippen LogP contribution in [0.4, 0.5) is 4.79 Å². The molecular weight excluding hydrogens is 264 g/mol. The van der Waals surface area contributed by atoms with Crippen LogP contribution >= 0.6 is 0 Å². The molecule has 1 unspecified atom stereocenters. The highest BCUT2D eigenvalue weighted by Crippen LogP contribution is 2.22. The number of rotatable bonds is 4. The predicted molar refractivity (Wildman–Crippen MR) is 61.9 cm³/mol. The van der Waals surface area contributed by atoms with E-state index in [-0.39, 0.29) is 11.5 Å². The lowest BCUT2D eigenvalue weighted by atomic mass is 10.0. The lowest BCUT2D eigenvalue weighted by molar-refractivity contribution is -0.146. The van der Waals surface area contributed by atoms with Crippen LogP contribution < -0.4 is 10.6 Å². The number of hydrogen-bond donors (Lipinski definition) is 4. The van der Waals surface area contributed by atoms with E-state index in [1.54, 1.807) is 6.92 Å². The molecule has 9 heteroatoms. The maximum absolute atomic E-state index is 11.4. The number of sulfone groups is 1. The Morgan fingerprint density at radius 2 is 2.06 bits per heavy atom. The normalized spacial score (nSPS) is 27.4. The average Bonchev–Trinajstić information content (AvgIpc) is 2.49. The van der Waals surface area contributed by atoms with Gasteiger partial charge in [0, 0.05) is 0 Å². The summed E-state index contributed by atoms with van der Waals surface area (Å²) in [4.78, 5) is 21.7. The summed E-state index contributed by atoms with van der Waals surface area (Å²) in [5.74, 6) is -1.57. The largest absolute Gasteiger partial charge is 0.479 e. The zero-order valence-corrected chi connectivity index (χ0v) is 10.7. The van der Waals surface area contributed by atoms with Crippen LogP contribution in [0.3, 0.4) is 0 Å². The molecule has 104 valence electrons. The minimum atomic E-state index is -3.13. The Morgan fingerprint density at radius 1 is 1.44 bits per heavy atom. The Balaban J connectivity index is 2.44. The molecule has 1 heterocycles. The first-order valence-corrected chi connectivity index (χ1v) is 7.13. The van der Waals surface area contributed by atoms with Gasteiger partial charge in [-0.25, -0.2) is 18.0 Å². The Labute approximate surface area is 104 Å². The van der Waals surface area contributed by atoms with Gasteiger partial charge >= 0.3 is 12.0 Å². The number of carboxylic acid groups (broad SMARTS) is 1. The number of urea groups is 1. The molecule has 1 aliphatic rings. The second-order valence-corrected chi connectivity index (χ2v) is 6.78. The maximum atomic E-state index is 11.4. The maximum Gasteiger partial charge on any atom is 0.334 e. The monoisotopic (exact) mass is 280 g/mol. The molecule has 0 radical (unpaired) electrons.